The number of hydrogen-bond donors (Lipinski definition) is 0. The number of anilines is 1. The van der Waals surface area contributed by atoms with Crippen molar-refractivity contribution in [3.63, 3.8) is 0 Å². The summed E-state index contributed by atoms with van der Waals surface area (Å²) in [7, 11) is 0. The Labute approximate surface area is 121 Å². The average Bonchev–Trinajstić information content (AvgIpc) is 2.47. The highest BCUT2D eigenvalue weighted by atomic mass is 19.1. The molecule has 1 heterocycles. The second-order valence-electron chi connectivity index (χ2n) is 4.94. The number of hydrogen-bond acceptors (Lipinski definition) is 5. The number of halogens is 1. The standard InChI is InChI=1S/C14H17FN2O4/c1-2-21-14(18)10-3-5-16(6-4-10)12-7-11(15)8-13(9-12)17(19)20/h7-10H,2-6H2,1H3. The number of nitro groups is 1. The lowest BCUT2D eigenvalue weighted by molar-refractivity contribution is -0.385. The van der Waals surface area contributed by atoms with Gasteiger partial charge in [-0.2, -0.15) is 0 Å². The summed E-state index contributed by atoms with van der Waals surface area (Å²) >= 11 is 0. The summed E-state index contributed by atoms with van der Waals surface area (Å²) in [6, 6.07) is 3.53. The molecule has 1 aliphatic rings. The van der Waals surface area contributed by atoms with Crippen LogP contribution in [0.25, 0.3) is 0 Å². The van der Waals surface area contributed by atoms with E-state index in [4.69, 9.17) is 4.74 Å². The lowest BCUT2D eigenvalue weighted by Gasteiger charge is -2.32. The molecule has 1 aliphatic heterocycles. The third kappa shape index (κ3) is 3.68. The van der Waals surface area contributed by atoms with E-state index in [2.05, 4.69) is 0 Å². The van der Waals surface area contributed by atoms with E-state index < -0.39 is 10.7 Å². The molecule has 0 spiro atoms. The molecular formula is C14H17FN2O4. The van der Waals surface area contributed by atoms with Crippen LogP contribution in [0.2, 0.25) is 0 Å². The fourth-order valence-corrected chi connectivity index (χ4v) is 2.48. The summed E-state index contributed by atoms with van der Waals surface area (Å²) in [5.74, 6) is -0.987. The van der Waals surface area contributed by atoms with Crippen molar-refractivity contribution >= 4 is 17.3 Å². The number of nitrogens with zero attached hydrogens (tertiary/aromatic N) is 2. The van der Waals surface area contributed by atoms with Gasteiger partial charge < -0.3 is 9.64 Å². The average molecular weight is 296 g/mol. The first-order valence-electron chi connectivity index (χ1n) is 6.88. The number of esters is 1. The number of ether oxygens (including phenoxy) is 1. The maximum Gasteiger partial charge on any atom is 0.309 e. The minimum absolute atomic E-state index is 0.148. The van der Waals surface area contributed by atoms with Gasteiger partial charge in [0.15, 0.2) is 0 Å². The molecule has 21 heavy (non-hydrogen) atoms. The first-order valence-corrected chi connectivity index (χ1v) is 6.88. The first-order chi connectivity index (χ1) is 10.0. The molecule has 1 aromatic carbocycles. The molecule has 0 aromatic heterocycles. The molecule has 1 aromatic rings. The normalized spacial score (nSPS) is 15.8. The third-order valence-electron chi connectivity index (χ3n) is 3.56. The van der Waals surface area contributed by atoms with Crippen LogP contribution in [0.1, 0.15) is 19.8 Å². The minimum atomic E-state index is -0.633. The van der Waals surface area contributed by atoms with E-state index in [1.54, 1.807) is 6.92 Å². The Morgan fingerprint density at radius 2 is 2.10 bits per heavy atom. The Morgan fingerprint density at radius 1 is 1.43 bits per heavy atom. The summed E-state index contributed by atoms with van der Waals surface area (Å²) in [6.07, 6.45) is 1.20. The van der Waals surface area contributed by atoms with Crippen molar-refractivity contribution < 1.29 is 18.8 Å². The molecule has 0 bridgehead atoms. The smallest absolute Gasteiger partial charge is 0.309 e. The van der Waals surface area contributed by atoms with Crippen LogP contribution in [0.4, 0.5) is 15.8 Å². The Morgan fingerprint density at radius 3 is 2.67 bits per heavy atom. The van der Waals surface area contributed by atoms with E-state index in [1.807, 2.05) is 4.90 Å². The Balaban J connectivity index is 2.05. The fourth-order valence-electron chi connectivity index (χ4n) is 2.48. The van der Waals surface area contributed by atoms with Crippen LogP contribution in [-0.2, 0) is 9.53 Å². The molecule has 0 unspecified atom stereocenters. The summed E-state index contributed by atoms with van der Waals surface area (Å²) in [6.45, 7) is 3.21. The van der Waals surface area contributed by atoms with E-state index in [0.717, 1.165) is 6.07 Å². The molecule has 114 valence electrons. The molecule has 1 saturated heterocycles. The number of benzene rings is 1. The highest BCUT2D eigenvalue weighted by Crippen LogP contribution is 2.28. The van der Waals surface area contributed by atoms with Gasteiger partial charge in [-0.05, 0) is 25.8 Å². The van der Waals surface area contributed by atoms with E-state index in [9.17, 15) is 19.3 Å². The first kappa shape index (κ1) is 15.2. The number of carbonyl (C=O) groups excluding carboxylic acids is 1. The van der Waals surface area contributed by atoms with Gasteiger partial charge in [0.2, 0.25) is 0 Å². The topological polar surface area (TPSA) is 72.7 Å². The minimum Gasteiger partial charge on any atom is -0.466 e. The van der Waals surface area contributed by atoms with Gasteiger partial charge in [-0.1, -0.05) is 0 Å². The van der Waals surface area contributed by atoms with Crippen molar-refractivity contribution in [1.29, 1.82) is 0 Å². The number of non-ortho nitro benzene ring substituents is 1. The molecular weight excluding hydrogens is 279 g/mol. The van der Waals surface area contributed by atoms with E-state index in [-0.39, 0.29) is 17.6 Å². The molecule has 2 rings (SSSR count). The van der Waals surface area contributed by atoms with Crippen molar-refractivity contribution in [2.24, 2.45) is 5.92 Å². The van der Waals surface area contributed by atoms with Crippen LogP contribution >= 0.6 is 0 Å². The van der Waals surface area contributed by atoms with Gasteiger partial charge >= 0.3 is 5.97 Å². The zero-order valence-corrected chi connectivity index (χ0v) is 11.8. The van der Waals surface area contributed by atoms with Crippen LogP contribution in [-0.4, -0.2) is 30.6 Å². The van der Waals surface area contributed by atoms with Crippen LogP contribution in [0.5, 0.6) is 0 Å². The second kappa shape index (κ2) is 6.51. The third-order valence-corrected chi connectivity index (χ3v) is 3.56. The number of nitro benzene ring substituents is 1. The van der Waals surface area contributed by atoms with Crippen molar-refractivity contribution in [1.82, 2.24) is 0 Å². The Kier molecular flexibility index (Phi) is 4.72. The Bertz CT molecular complexity index is 542. The largest absolute Gasteiger partial charge is 0.466 e. The van der Waals surface area contributed by atoms with Crippen molar-refractivity contribution in [2.45, 2.75) is 19.8 Å². The molecule has 0 atom stereocenters. The highest BCUT2D eigenvalue weighted by molar-refractivity contribution is 5.73. The van der Waals surface area contributed by atoms with Crippen LogP contribution in [0.3, 0.4) is 0 Å². The highest BCUT2D eigenvalue weighted by Gasteiger charge is 2.27. The lowest BCUT2D eigenvalue weighted by Crippen LogP contribution is -2.37. The van der Waals surface area contributed by atoms with Gasteiger partial charge in [0.05, 0.1) is 23.5 Å². The van der Waals surface area contributed by atoms with Gasteiger partial charge in [-0.15, -0.1) is 0 Å². The van der Waals surface area contributed by atoms with Gasteiger partial charge in [0.25, 0.3) is 5.69 Å². The fraction of sp³-hybridized carbons (Fsp3) is 0.500. The van der Waals surface area contributed by atoms with Crippen LogP contribution < -0.4 is 4.90 Å². The molecule has 0 radical (unpaired) electrons. The van der Waals surface area contributed by atoms with E-state index in [1.165, 1.54) is 12.1 Å². The van der Waals surface area contributed by atoms with Gasteiger partial charge in [-0.25, -0.2) is 4.39 Å². The summed E-state index contributed by atoms with van der Waals surface area (Å²) in [5, 5.41) is 10.8. The molecule has 0 aliphatic carbocycles. The molecule has 1 fully saturated rings. The van der Waals surface area contributed by atoms with Crippen molar-refractivity contribution in [3.05, 3.63) is 34.1 Å². The SMILES string of the molecule is CCOC(=O)C1CCN(c2cc(F)cc([N+](=O)[O-])c2)CC1. The van der Waals surface area contributed by atoms with Crippen molar-refractivity contribution in [3.8, 4) is 0 Å². The van der Waals surface area contributed by atoms with E-state index >= 15 is 0 Å². The second-order valence-corrected chi connectivity index (χ2v) is 4.94. The number of piperidine rings is 1. The molecule has 0 N–H and O–H groups in total. The lowest BCUT2D eigenvalue weighted by atomic mass is 9.96. The molecule has 7 heteroatoms. The van der Waals surface area contributed by atoms with Crippen molar-refractivity contribution in [2.75, 3.05) is 24.6 Å². The molecule has 6 nitrogen and oxygen atoms in total. The number of carbonyl (C=O) groups is 1. The summed E-state index contributed by atoms with van der Waals surface area (Å²) < 4.78 is 18.4. The quantitative estimate of drug-likeness (QED) is 0.485. The zero-order valence-electron chi connectivity index (χ0n) is 11.8. The molecule has 0 saturated carbocycles. The predicted octanol–water partition coefficient (Wildman–Crippen LogP) is 2.51. The number of rotatable bonds is 4. The molecule has 0 amide bonds. The summed E-state index contributed by atoms with van der Waals surface area (Å²) in [5.41, 5.74) is 0.210. The van der Waals surface area contributed by atoms with Gasteiger partial charge in [-0.3, -0.25) is 14.9 Å². The van der Waals surface area contributed by atoms with Crippen LogP contribution in [0, 0.1) is 21.8 Å². The maximum atomic E-state index is 13.4. The van der Waals surface area contributed by atoms with Crippen LogP contribution in [0.15, 0.2) is 18.2 Å². The van der Waals surface area contributed by atoms with Gasteiger partial charge in [0, 0.05) is 24.8 Å². The maximum absolute atomic E-state index is 13.4. The predicted molar refractivity (Wildman–Crippen MR) is 74.6 cm³/mol. The summed E-state index contributed by atoms with van der Waals surface area (Å²) in [4.78, 5) is 23.6. The monoisotopic (exact) mass is 296 g/mol. The van der Waals surface area contributed by atoms with E-state index in [0.29, 0.717) is 38.2 Å². The van der Waals surface area contributed by atoms with Gasteiger partial charge in [0.1, 0.15) is 5.82 Å². The Hall–Kier alpha value is -2.18. The zero-order chi connectivity index (χ0) is 15.4.